The second-order valence-electron chi connectivity index (χ2n) is 7.76. The number of rotatable bonds is 7. The Labute approximate surface area is 186 Å². The van der Waals surface area contributed by atoms with E-state index in [1.807, 2.05) is 7.05 Å². The minimum Gasteiger partial charge on any atom is -0.481 e. The SMILES string of the molecule is CC(=O)NC[C@H]1CC[C@@H](CC(=O)NCc2cnn(-c3cccc(F)c3)c2)N1C.CC(=O)O. The van der Waals surface area contributed by atoms with Gasteiger partial charge >= 0.3 is 0 Å². The molecule has 0 radical (unpaired) electrons. The second kappa shape index (κ2) is 11.9. The van der Waals surface area contributed by atoms with Crippen LogP contribution < -0.4 is 10.6 Å². The number of nitrogens with one attached hydrogen (secondary N) is 2. The Hall–Kier alpha value is -3.27. The highest BCUT2D eigenvalue weighted by Gasteiger charge is 2.31. The number of amides is 2. The first-order valence-electron chi connectivity index (χ1n) is 10.4. The first-order chi connectivity index (χ1) is 15.2. The molecule has 2 atom stereocenters. The van der Waals surface area contributed by atoms with Gasteiger partial charge in [-0.2, -0.15) is 5.10 Å². The molecule has 9 nitrogen and oxygen atoms in total. The predicted molar refractivity (Wildman–Crippen MR) is 117 cm³/mol. The molecule has 32 heavy (non-hydrogen) atoms. The Morgan fingerprint density at radius 1 is 1.19 bits per heavy atom. The molecule has 1 aliphatic heterocycles. The molecule has 2 aromatic rings. The number of aliphatic carboxylic acids is 1. The summed E-state index contributed by atoms with van der Waals surface area (Å²) in [5, 5.41) is 17.4. The number of hydrogen-bond acceptors (Lipinski definition) is 5. The minimum atomic E-state index is -0.833. The molecule has 3 N–H and O–H groups in total. The van der Waals surface area contributed by atoms with Crippen LogP contribution in [0, 0.1) is 5.82 Å². The van der Waals surface area contributed by atoms with E-state index in [2.05, 4.69) is 20.6 Å². The lowest BCUT2D eigenvalue weighted by Crippen LogP contribution is -2.41. The van der Waals surface area contributed by atoms with Crippen LogP contribution in [0.1, 0.15) is 38.7 Å². The van der Waals surface area contributed by atoms with Crippen LogP contribution >= 0.6 is 0 Å². The first kappa shape index (κ1) is 25.0. The number of halogens is 1. The number of likely N-dealkylation sites (tertiary alicyclic amines) is 1. The van der Waals surface area contributed by atoms with Crippen molar-refractivity contribution in [3.05, 3.63) is 48.0 Å². The highest BCUT2D eigenvalue weighted by atomic mass is 19.1. The monoisotopic (exact) mass is 447 g/mol. The third kappa shape index (κ3) is 8.10. The Morgan fingerprint density at radius 2 is 1.88 bits per heavy atom. The number of likely N-dealkylation sites (N-methyl/N-ethyl adjacent to an activating group) is 1. The number of carbonyl (C=O) groups excluding carboxylic acids is 2. The summed E-state index contributed by atoms with van der Waals surface area (Å²) in [6.45, 7) is 3.58. The van der Waals surface area contributed by atoms with Crippen LogP contribution in [0.25, 0.3) is 5.69 Å². The van der Waals surface area contributed by atoms with Crippen molar-refractivity contribution < 1.29 is 23.9 Å². The lowest BCUT2D eigenvalue weighted by atomic mass is 10.1. The molecule has 0 aliphatic carbocycles. The fourth-order valence-electron chi connectivity index (χ4n) is 3.54. The van der Waals surface area contributed by atoms with E-state index in [4.69, 9.17) is 9.90 Å². The Kier molecular flexibility index (Phi) is 9.33. The Balaban J connectivity index is 0.000000837. The average molecular weight is 448 g/mol. The molecule has 174 valence electrons. The zero-order valence-electron chi connectivity index (χ0n) is 18.5. The van der Waals surface area contributed by atoms with Crippen LogP contribution in [0.2, 0.25) is 0 Å². The summed E-state index contributed by atoms with van der Waals surface area (Å²) in [4.78, 5) is 34.6. The van der Waals surface area contributed by atoms with E-state index >= 15 is 0 Å². The van der Waals surface area contributed by atoms with Crippen molar-refractivity contribution in [3.63, 3.8) is 0 Å². The molecule has 1 fully saturated rings. The standard InChI is InChI=1S/C20H26FN5O2.C2H4O2/c1-14(27)22-12-19-7-6-17(25(19)2)9-20(28)23-10-15-11-24-26(13-15)18-5-3-4-16(21)8-18;1-2(3)4/h3-5,8,11,13,17,19H,6-7,9-10,12H2,1-2H3,(H,22,27)(H,23,28);1H3,(H,3,4)/t17-,19+;/m0./s1. The highest BCUT2D eigenvalue weighted by molar-refractivity contribution is 5.76. The van der Waals surface area contributed by atoms with E-state index in [-0.39, 0.29) is 29.7 Å². The van der Waals surface area contributed by atoms with Gasteiger partial charge in [0.1, 0.15) is 5.82 Å². The molecule has 0 unspecified atom stereocenters. The molecular formula is C22H30FN5O4. The zero-order chi connectivity index (χ0) is 23.7. The fourth-order valence-corrected chi connectivity index (χ4v) is 3.54. The van der Waals surface area contributed by atoms with Gasteiger partial charge in [-0.05, 0) is 38.1 Å². The van der Waals surface area contributed by atoms with Crippen molar-refractivity contribution in [1.29, 1.82) is 0 Å². The predicted octanol–water partition coefficient (Wildman–Crippen LogP) is 1.71. The van der Waals surface area contributed by atoms with E-state index in [9.17, 15) is 14.0 Å². The maximum absolute atomic E-state index is 13.3. The molecule has 1 aromatic carbocycles. The van der Waals surface area contributed by atoms with Crippen LogP contribution in [0.5, 0.6) is 0 Å². The van der Waals surface area contributed by atoms with Crippen molar-refractivity contribution in [2.24, 2.45) is 0 Å². The van der Waals surface area contributed by atoms with Gasteiger partial charge in [-0.15, -0.1) is 0 Å². The van der Waals surface area contributed by atoms with Gasteiger partial charge in [0, 0.05) is 57.2 Å². The number of hydrogen-bond donors (Lipinski definition) is 3. The lowest BCUT2D eigenvalue weighted by molar-refractivity contribution is -0.134. The van der Waals surface area contributed by atoms with Crippen molar-refractivity contribution in [3.8, 4) is 5.69 Å². The maximum Gasteiger partial charge on any atom is 0.300 e. The molecule has 3 rings (SSSR count). The van der Waals surface area contributed by atoms with Crippen LogP contribution in [-0.2, 0) is 20.9 Å². The van der Waals surface area contributed by atoms with Crippen LogP contribution in [0.15, 0.2) is 36.7 Å². The normalized spacial score (nSPS) is 17.9. The third-order valence-electron chi connectivity index (χ3n) is 5.19. The smallest absolute Gasteiger partial charge is 0.300 e. The van der Waals surface area contributed by atoms with Gasteiger partial charge in [-0.3, -0.25) is 19.3 Å². The number of carbonyl (C=O) groups is 3. The largest absolute Gasteiger partial charge is 0.481 e. The highest BCUT2D eigenvalue weighted by Crippen LogP contribution is 2.24. The van der Waals surface area contributed by atoms with Gasteiger partial charge in [0.05, 0.1) is 11.9 Å². The van der Waals surface area contributed by atoms with Crippen molar-refractivity contribution >= 4 is 17.8 Å². The lowest BCUT2D eigenvalue weighted by Gasteiger charge is -2.25. The van der Waals surface area contributed by atoms with Gasteiger partial charge < -0.3 is 15.7 Å². The van der Waals surface area contributed by atoms with Crippen molar-refractivity contribution in [2.75, 3.05) is 13.6 Å². The quantitative estimate of drug-likeness (QED) is 0.595. The van der Waals surface area contributed by atoms with Crippen LogP contribution in [-0.4, -0.2) is 63.2 Å². The van der Waals surface area contributed by atoms with E-state index in [1.54, 1.807) is 29.2 Å². The second-order valence-corrected chi connectivity index (χ2v) is 7.76. The summed E-state index contributed by atoms with van der Waals surface area (Å²) in [6.07, 6.45) is 5.77. The summed E-state index contributed by atoms with van der Waals surface area (Å²) in [6, 6.07) is 6.63. The summed E-state index contributed by atoms with van der Waals surface area (Å²) in [5.74, 6) is -1.20. The number of benzene rings is 1. The van der Waals surface area contributed by atoms with Gasteiger partial charge in [-0.25, -0.2) is 9.07 Å². The van der Waals surface area contributed by atoms with Crippen LogP contribution in [0.4, 0.5) is 4.39 Å². The number of carboxylic acids is 1. The summed E-state index contributed by atoms with van der Waals surface area (Å²) in [5.41, 5.74) is 1.48. The molecule has 1 aromatic heterocycles. The maximum atomic E-state index is 13.3. The topological polar surface area (TPSA) is 117 Å². The zero-order valence-corrected chi connectivity index (χ0v) is 18.5. The summed E-state index contributed by atoms with van der Waals surface area (Å²) in [7, 11) is 2.00. The van der Waals surface area contributed by atoms with Crippen LogP contribution in [0.3, 0.4) is 0 Å². The Bertz CT molecular complexity index is 929. The minimum absolute atomic E-state index is 0.0180. The Morgan fingerprint density at radius 3 is 2.53 bits per heavy atom. The summed E-state index contributed by atoms with van der Waals surface area (Å²) >= 11 is 0. The average Bonchev–Trinajstić information content (AvgIpc) is 3.32. The molecule has 0 bridgehead atoms. The molecule has 2 heterocycles. The molecule has 1 aliphatic rings. The molecule has 0 spiro atoms. The fraction of sp³-hybridized carbons (Fsp3) is 0.455. The van der Waals surface area contributed by atoms with E-state index in [0.717, 1.165) is 25.3 Å². The number of carboxylic acid groups (broad SMARTS) is 1. The molecule has 10 heteroatoms. The van der Waals surface area contributed by atoms with E-state index in [0.29, 0.717) is 25.2 Å². The molecular weight excluding hydrogens is 417 g/mol. The molecule has 0 saturated carbocycles. The van der Waals surface area contributed by atoms with Gasteiger partial charge in [0.2, 0.25) is 11.8 Å². The third-order valence-corrected chi connectivity index (χ3v) is 5.19. The number of nitrogens with zero attached hydrogens (tertiary/aromatic N) is 3. The van der Waals surface area contributed by atoms with E-state index in [1.165, 1.54) is 19.1 Å². The van der Waals surface area contributed by atoms with Crippen molar-refractivity contribution in [1.82, 2.24) is 25.3 Å². The molecule has 1 saturated heterocycles. The van der Waals surface area contributed by atoms with Gasteiger partial charge in [0.25, 0.3) is 5.97 Å². The van der Waals surface area contributed by atoms with Gasteiger partial charge in [-0.1, -0.05) is 6.07 Å². The first-order valence-corrected chi connectivity index (χ1v) is 10.4. The molecule has 2 amide bonds. The number of aromatic nitrogens is 2. The van der Waals surface area contributed by atoms with Crippen molar-refractivity contribution in [2.45, 2.75) is 51.7 Å². The van der Waals surface area contributed by atoms with Gasteiger partial charge in [0.15, 0.2) is 0 Å². The van der Waals surface area contributed by atoms with E-state index < -0.39 is 5.97 Å². The summed E-state index contributed by atoms with van der Waals surface area (Å²) < 4.78 is 14.9.